The highest BCUT2D eigenvalue weighted by Crippen LogP contribution is 2.20. The van der Waals surface area contributed by atoms with Gasteiger partial charge in [0.25, 0.3) is 5.91 Å². The number of carbonyl (C=O) groups excluding carboxylic acids is 2. The van der Waals surface area contributed by atoms with E-state index in [1.54, 1.807) is 0 Å². The highest BCUT2D eigenvalue weighted by atomic mass is 19.1. The summed E-state index contributed by atoms with van der Waals surface area (Å²) in [5, 5.41) is 2.06. The zero-order valence-electron chi connectivity index (χ0n) is 11.3. The van der Waals surface area contributed by atoms with Gasteiger partial charge in [0, 0.05) is 0 Å². The lowest BCUT2D eigenvalue weighted by atomic mass is 9.95. The van der Waals surface area contributed by atoms with Crippen LogP contribution in [0.4, 0.5) is 14.5 Å². The number of nitrogens with one attached hydrogen (secondary N) is 1. The Hall–Kier alpha value is -2.24. The van der Waals surface area contributed by atoms with Gasteiger partial charge in [0.1, 0.15) is 17.3 Å². The zero-order chi connectivity index (χ0) is 15.2. The molecule has 1 aromatic rings. The number of rotatable bonds is 4. The van der Waals surface area contributed by atoms with E-state index in [1.165, 1.54) is 6.07 Å². The zero-order valence-corrected chi connectivity index (χ0v) is 11.3. The van der Waals surface area contributed by atoms with Gasteiger partial charge in [-0.05, 0) is 31.4 Å². The Labute approximate surface area is 120 Å². The highest BCUT2D eigenvalue weighted by molar-refractivity contribution is 5.93. The van der Waals surface area contributed by atoms with Crippen LogP contribution < -0.4 is 5.32 Å². The molecule has 112 valence electrons. The van der Waals surface area contributed by atoms with Crippen LogP contribution in [0.25, 0.3) is 0 Å². The molecule has 0 bridgehead atoms. The van der Waals surface area contributed by atoms with Gasteiger partial charge in [0.05, 0.1) is 5.92 Å². The normalized spacial score (nSPS) is 17.3. The van der Waals surface area contributed by atoms with Crippen molar-refractivity contribution in [3.63, 3.8) is 0 Å². The van der Waals surface area contributed by atoms with Crippen molar-refractivity contribution in [1.82, 2.24) is 0 Å². The van der Waals surface area contributed by atoms with Gasteiger partial charge in [-0.1, -0.05) is 18.2 Å². The molecule has 0 aromatic heterocycles. The maximum atomic E-state index is 13.3. The average molecular weight is 295 g/mol. The molecule has 21 heavy (non-hydrogen) atoms. The third kappa shape index (κ3) is 4.11. The van der Waals surface area contributed by atoms with Crippen LogP contribution >= 0.6 is 0 Å². The fourth-order valence-corrected chi connectivity index (χ4v) is 2.05. The van der Waals surface area contributed by atoms with Gasteiger partial charge < -0.3 is 10.1 Å². The summed E-state index contributed by atoms with van der Waals surface area (Å²) >= 11 is 0. The summed E-state index contributed by atoms with van der Waals surface area (Å²) in [6, 6.07) is 3.25. The maximum Gasteiger partial charge on any atom is 0.309 e. The first-order valence-corrected chi connectivity index (χ1v) is 6.63. The van der Waals surface area contributed by atoms with Crippen molar-refractivity contribution in [2.24, 2.45) is 5.92 Å². The van der Waals surface area contributed by atoms with Crippen molar-refractivity contribution in [3.8, 4) is 0 Å². The van der Waals surface area contributed by atoms with E-state index in [0.29, 0.717) is 12.8 Å². The molecule has 1 aromatic carbocycles. The summed E-state index contributed by atoms with van der Waals surface area (Å²) in [5.74, 6) is -3.27. The number of hydrogen-bond acceptors (Lipinski definition) is 3. The lowest BCUT2D eigenvalue weighted by Crippen LogP contribution is -2.25. The quantitative estimate of drug-likeness (QED) is 0.686. The first kappa shape index (κ1) is 15.2. The Morgan fingerprint density at radius 2 is 1.95 bits per heavy atom. The summed E-state index contributed by atoms with van der Waals surface area (Å²) < 4.78 is 31.5. The third-order valence-electron chi connectivity index (χ3n) is 3.18. The Morgan fingerprint density at radius 3 is 2.57 bits per heavy atom. The summed E-state index contributed by atoms with van der Waals surface area (Å²) in [4.78, 5) is 23.3. The number of esters is 1. The molecule has 0 spiro atoms. The smallest absolute Gasteiger partial charge is 0.309 e. The van der Waals surface area contributed by atoms with Crippen molar-refractivity contribution in [3.05, 3.63) is 42.0 Å². The van der Waals surface area contributed by atoms with E-state index in [4.69, 9.17) is 4.74 Å². The van der Waals surface area contributed by atoms with E-state index in [1.807, 2.05) is 12.2 Å². The molecule has 1 N–H and O–H groups in total. The van der Waals surface area contributed by atoms with Crippen LogP contribution in [0.1, 0.15) is 19.3 Å². The number of carbonyl (C=O) groups is 2. The second-order valence-corrected chi connectivity index (χ2v) is 4.73. The third-order valence-corrected chi connectivity index (χ3v) is 3.18. The molecule has 1 aliphatic carbocycles. The van der Waals surface area contributed by atoms with Gasteiger partial charge in [0.15, 0.2) is 6.61 Å². The van der Waals surface area contributed by atoms with E-state index in [0.717, 1.165) is 18.6 Å². The molecule has 0 radical (unpaired) electrons. The van der Waals surface area contributed by atoms with E-state index in [9.17, 15) is 18.4 Å². The number of amides is 1. The molecule has 0 unspecified atom stereocenters. The molecule has 4 nitrogen and oxygen atoms in total. The van der Waals surface area contributed by atoms with Crippen LogP contribution in [0.2, 0.25) is 0 Å². The lowest BCUT2D eigenvalue weighted by Gasteiger charge is -2.16. The topological polar surface area (TPSA) is 55.4 Å². The van der Waals surface area contributed by atoms with Gasteiger partial charge in [-0.2, -0.15) is 0 Å². The van der Waals surface area contributed by atoms with E-state index < -0.39 is 35.8 Å². The van der Waals surface area contributed by atoms with Gasteiger partial charge in [0.2, 0.25) is 0 Å². The molecule has 0 fully saturated rings. The Balaban J connectivity index is 1.85. The molecule has 0 aliphatic heterocycles. The summed E-state index contributed by atoms with van der Waals surface area (Å²) in [7, 11) is 0. The van der Waals surface area contributed by atoms with Gasteiger partial charge in [-0.25, -0.2) is 8.78 Å². The van der Waals surface area contributed by atoms with Gasteiger partial charge >= 0.3 is 5.97 Å². The van der Waals surface area contributed by atoms with Crippen LogP contribution in [0, 0.1) is 17.6 Å². The Kier molecular flexibility index (Phi) is 5.03. The minimum atomic E-state index is -0.882. The molecule has 0 saturated heterocycles. The number of ether oxygens (including phenoxy) is 1. The van der Waals surface area contributed by atoms with Crippen molar-refractivity contribution < 1.29 is 23.1 Å². The number of allylic oxidation sites excluding steroid dienone is 2. The maximum absolute atomic E-state index is 13.3. The predicted molar refractivity (Wildman–Crippen MR) is 72.4 cm³/mol. The highest BCUT2D eigenvalue weighted by Gasteiger charge is 2.21. The Bertz CT molecular complexity index is 552. The minimum Gasteiger partial charge on any atom is -0.455 e. The van der Waals surface area contributed by atoms with Crippen LogP contribution in [-0.2, 0) is 14.3 Å². The largest absolute Gasteiger partial charge is 0.455 e. The van der Waals surface area contributed by atoms with Crippen molar-refractivity contribution in [2.45, 2.75) is 19.3 Å². The molecule has 1 amide bonds. The Morgan fingerprint density at radius 1 is 1.24 bits per heavy atom. The molecule has 1 aliphatic rings. The number of anilines is 1. The van der Waals surface area contributed by atoms with Gasteiger partial charge in [-0.15, -0.1) is 0 Å². The molecule has 2 rings (SSSR count). The first-order valence-electron chi connectivity index (χ1n) is 6.63. The monoisotopic (exact) mass is 295 g/mol. The van der Waals surface area contributed by atoms with Crippen molar-refractivity contribution in [2.75, 3.05) is 11.9 Å². The SMILES string of the molecule is O=C(COC(=O)[C@@H]1CC=CCC1)Nc1c(F)cccc1F. The van der Waals surface area contributed by atoms with Crippen LogP contribution in [0.5, 0.6) is 0 Å². The molecule has 1 atom stereocenters. The summed E-state index contributed by atoms with van der Waals surface area (Å²) in [6.07, 6.45) is 5.94. The lowest BCUT2D eigenvalue weighted by molar-refractivity contribution is -0.151. The summed E-state index contributed by atoms with van der Waals surface area (Å²) in [6.45, 7) is -0.563. The van der Waals surface area contributed by atoms with Crippen LogP contribution in [0.3, 0.4) is 0 Å². The predicted octanol–water partition coefficient (Wildman–Crippen LogP) is 2.80. The number of halogens is 2. The second-order valence-electron chi connectivity index (χ2n) is 4.73. The average Bonchev–Trinajstić information content (AvgIpc) is 2.49. The fraction of sp³-hybridized carbons (Fsp3) is 0.333. The number of hydrogen-bond donors (Lipinski definition) is 1. The second kappa shape index (κ2) is 6.97. The number of benzene rings is 1. The summed E-state index contributed by atoms with van der Waals surface area (Å²) in [5.41, 5.74) is -0.542. The van der Waals surface area contributed by atoms with Crippen LogP contribution in [0.15, 0.2) is 30.4 Å². The standard InChI is InChI=1S/C15H15F2NO3/c16-11-7-4-8-12(17)14(11)18-13(19)9-21-15(20)10-5-2-1-3-6-10/h1-2,4,7-8,10H,3,5-6,9H2,(H,18,19)/t10-/m1/s1. The van der Waals surface area contributed by atoms with E-state index in [2.05, 4.69) is 5.32 Å². The number of para-hydroxylation sites is 1. The fourth-order valence-electron chi connectivity index (χ4n) is 2.05. The van der Waals surface area contributed by atoms with E-state index >= 15 is 0 Å². The molecule has 0 heterocycles. The van der Waals surface area contributed by atoms with Gasteiger partial charge in [-0.3, -0.25) is 9.59 Å². The van der Waals surface area contributed by atoms with Crippen molar-refractivity contribution in [1.29, 1.82) is 0 Å². The van der Waals surface area contributed by atoms with Crippen LogP contribution in [-0.4, -0.2) is 18.5 Å². The minimum absolute atomic E-state index is 0.256. The first-order chi connectivity index (χ1) is 10.1. The molecule has 0 saturated carbocycles. The molecule has 6 heteroatoms. The van der Waals surface area contributed by atoms with Crippen molar-refractivity contribution >= 4 is 17.6 Å². The van der Waals surface area contributed by atoms with E-state index in [-0.39, 0.29) is 5.92 Å². The molecular weight excluding hydrogens is 280 g/mol. The molecular formula is C15H15F2NO3.